The summed E-state index contributed by atoms with van der Waals surface area (Å²) < 4.78 is 67.7. The number of alkyl halides is 3. The molecule has 0 atom stereocenters. The van der Waals surface area contributed by atoms with E-state index in [0.717, 1.165) is 36.7 Å². The number of halogens is 3. The Morgan fingerprint density at radius 2 is 1.86 bits per heavy atom. The van der Waals surface area contributed by atoms with E-state index in [1.807, 2.05) is 11.8 Å². The maximum Gasteiger partial charge on any atom is 0.416 e. The number of hydrogen-bond acceptors (Lipinski definition) is 4. The molecule has 0 amide bonds. The van der Waals surface area contributed by atoms with Crippen LogP contribution in [-0.4, -0.2) is 20.1 Å². The Hall–Kier alpha value is -2.00. The van der Waals surface area contributed by atoms with Crippen LogP contribution in [0.15, 0.2) is 57.8 Å². The van der Waals surface area contributed by atoms with E-state index >= 15 is 0 Å². The SMILES string of the molecule is CCCCN1C(SCc2cccc(C(F)(F)F)c2)=NS(=O)(=O)c2ccccc21. The number of fused-ring (bicyclic) bond motifs is 1. The summed E-state index contributed by atoms with van der Waals surface area (Å²) in [5.74, 6) is 0.184. The van der Waals surface area contributed by atoms with Gasteiger partial charge in [-0.2, -0.15) is 21.6 Å². The summed E-state index contributed by atoms with van der Waals surface area (Å²) >= 11 is 1.12. The van der Waals surface area contributed by atoms with Crippen molar-refractivity contribution < 1.29 is 21.6 Å². The van der Waals surface area contributed by atoms with E-state index in [1.54, 1.807) is 24.3 Å². The Morgan fingerprint density at radius 1 is 1.11 bits per heavy atom. The van der Waals surface area contributed by atoms with Gasteiger partial charge in [-0.05, 0) is 30.2 Å². The Bertz CT molecular complexity index is 989. The van der Waals surface area contributed by atoms with E-state index in [4.69, 9.17) is 0 Å². The molecule has 0 saturated carbocycles. The molecule has 28 heavy (non-hydrogen) atoms. The molecule has 4 nitrogen and oxygen atoms in total. The van der Waals surface area contributed by atoms with Gasteiger partial charge in [-0.15, -0.1) is 4.40 Å². The summed E-state index contributed by atoms with van der Waals surface area (Å²) in [7, 11) is -3.84. The molecule has 0 spiro atoms. The maximum atomic E-state index is 12.9. The van der Waals surface area contributed by atoms with Crippen molar-refractivity contribution in [2.24, 2.45) is 4.40 Å². The average molecular weight is 429 g/mol. The molecule has 0 fully saturated rings. The first kappa shape index (κ1) is 20.7. The van der Waals surface area contributed by atoms with Crippen molar-refractivity contribution in [3.8, 4) is 0 Å². The fraction of sp³-hybridized carbons (Fsp3) is 0.316. The van der Waals surface area contributed by atoms with Crippen LogP contribution < -0.4 is 4.90 Å². The van der Waals surface area contributed by atoms with Crippen LogP contribution in [0.1, 0.15) is 30.9 Å². The lowest BCUT2D eigenvalue weighted by Crippen LogP contribution is -2.34. The predicted octanol–water partition coefficient (Wildman–Crippen LogP) is 5.30. The number of rotatable bonds is 5. The molecule has 2 aromatic rings. The molecule has 0 saturated heterocycles. The molecule has 1 aliphatic rings. The number of amidine groups is 1. The van der Waals surface area contributed by atoms with E-state index < -0.39 is 21.8 Å². The van der Waals surface area contributed by atoms with Crippen molar-refractivity contribution in [3.63, 3.8) is 0 Å². The van der Waals surface area contributed by atoms with Gasteiger partial charge in [-0.1, -0.05) is 55.4 Å². The summed E-state index contributed by atoms with van der Waals surface area (Å²) in [6, 6.07) is 11.7. The number of anilines is 1. The van der Waals surface area contributed by atoms with Gasteiger partial charge in [0.05, 0.1) is 11.3 Å². The molecule has 1 aliphatic heterocycles. The minimum absolute atomic E-state index is 0.148. The van der Waals surface area contributed by atoms with Gasteiger partial charge in [0.2, 0.25) is 0 Å². The first-order valence-corrected chi connectivity index (χ1v) is 11.2. The minimum atomic E-state index is -4.42. The molecule has 1 heterocycles. The van der Waals surface area contributed by atoms with E-state index in [2.05, 4.69) is 4.40 Å². The highest BCUT2D eigenvalue weighted by Gasteiger charge is 2.32. The Morgan fingerprint density at radius 3 is 2.57 bits per heavy atom. The van der Waals surface area contributed by atoms with E-state index in [-0.39, 0.29) is 15.8 Å². The number of sulfonamides is 1. The van der Waals surface area contributed by atoms with Crippen molar-refractivity contribution in [2.75, 3.05) is 11.4 Å². The predicted molar refractivity (Wildman–Crippen MR) is 106 cm³/mol. The third-order valence-electron chi connectivity index (χ3n) is 4.22. The first-order chi connectivity index (χ1) is 13.2. The van der Waals surface area contributed by atoms with Gasteiger partial charge in [-0.3, -0.25) is 0 Å². The molecule has 0 N–H and O–H groups in total. The molecule has 0 aromatic heterocycles. The molecule has 0 aliphatic carbocycles. The van der Waals surface area contributed by atoms with Gasteiger partial charge < -0.3 is 4.90 Å². The summed E-state index contributed by atoms with van der Waals surface area (Å²) in [4.78, 5) is 1.98. The van der Waals surface area contributed by atoms with E-state index in [9.17, 15) is 21.6 Å². The van der Waals surface area contributed by atoms with Gasteiger partial charge in [0.15, 0.2) is 5.17 Å². The number of para-hydroxylation sites is 1. The number of nitrogens with zero attached hydrogens (tertiary/aromatic N) is 2. The monoisotopic (exact) mass is 428 g/mol. The first-order valence-electron chi connectivity index (χ1n) is 8.73. The van der Waals surface area contributed by atoms with Crippen LogP contribution in [0.3, 0.4) is 0 Å². The molecule has 9 heteroatoms. The minimum Gasteiger partial charge on any atom is -0.319 e. The van der Waals surface area contributed by atoms with Crippen molar-refractivity contribution in [1.29, 1.82) is 0 Å². The third kappa shape index (κ3) is 4.52. The molecule has 150 valence electrons. The number of benzene rings is 2. The molecule has 3 rings (SSSR count). The van der Waals surface area contributed by atoms with Crippen LogP contribution in [0.25, 0.3) is 0 Å². The highest BCUT2D eigenvalue weighted by atomic mass is 32.2. The lowest BCUT2D eigenvalue weighted by Gasteiger charge is -2.30. The second kappa shape index (κ2) is 8.16. The van der Waals surface area contributed by atoms with Crippen LogP contribution in [0.2, 0.25) is 0 Å². The normalized spacial score (nSPS) is 15.9. The standard InChI is InChI=1S/C19H19F3N2O2S2/c1-2-3-11-24-16-9-4-5-10-17(16)28(25,26)23-18(24)27-13-14-7-6-8-15(12-14)19(20,21)22/h4-10,12H,2-3,11,13H2,1H3. The second-order valence-electron chi connectivity index (χ2n) is 6.31. The van der Waals surface area contributed by atoms with Crippen LogP contribution in [-0.2, 0) is 22.0 Å². The van der Waals surface area contributed by atoms with Gasteiger partial charge in [0, 0.05) is 12.3 Å². The zero-order valence-electron chi connectivity index (χ0n) is 15.1. The summed E-state index contributed by atoms with van der Waals surface area (Å²) in [5.41, 5.74) is 0.281. The lowest BCUT2D eigenvalue weighted by molar-refractivity contribution is -0.137. The fourth-order valence-electron chi connectivity index (χ4n) is 2.82. The molecule has 0 bridgehead atoms. The van der Waals surface area contributed by atoms with Crippen molar-refractivity contribution >= 4 is 32.6 Å². The highest BCUT2D eigenvalue weighted by Crippen LogP contribution is 2.35. The van der Waals surface area contributed by atoms with Crippen LogP contribution >= 0.6 is 11.8 Å². The maximum absolute atomic E-state index is 12.9. The van der Waals surface area contributed by atoms with Crippen LogP contribution in [0, 0.1) is 0 Å². The Labute approximate surface area is 166 Å². The van der Waals surface area contributed by atoms with Crippen LogP contribution in [0.4, 0.5) is 18.9 Å². The van der Waals surface area contributed by atoms with Crippen molar-refractivity contribution in [2.45, 2.75) is 36.6 Å². The third-order valence-corrected chi connectivity index (χ3v) is 6.70. The lowest BCUT2D eigenvalue weighted by atomic mass is 10.1. The molecule has 0 radical (unpaired) electrons. The van der Waals surface area contributed by atoms with E-state index in [1.165, 1.54) is 12.1 Å². The van der Waals surface area contributed by atoms with Crippen molar-refractivity contribution in [3.05, 3.63) is 59.7 Å². The highest BCUT2D eigenvalue weighted by molar-refractivity contribution is 8.14. The zero-order valence-corrected chi connectivity index (χ0v) is 16.7. The average Bonchev–Trinajstić information content (AvgIpc) is 2.65. The molecular formula is C19H19F3N2O2S2. The summed E-state index contributed by atoms with van der Waals surface area (Å²) in [6.07, 6.45) is -2.67. The van der Waals surface area contributed by atoms with Gasteiger partial charge >= 0.3 is 6.18 Å². The summed E-state index contributed by atoms with van der Waals surface area (Å²) in [6.45, 7) is 2.61. The fourth-order valence-corrected chi connectivity index (χ4v) is 5.25. The second-order valence-corrected chi connectivity index (χ2v) is 8.82. The largest absolute Gasteiger partial charge is 0.416 e. The molecular weight excluding hydrogens is 409 g/mol. The van der Waals surface area contributed by atoms with Gasteiger partial charge in [-0.25, -0.2) is 0 Å². The van der Waals surface area contributed by atoms with Crippen LogP contribution in [0.5, 0.6) is 0 Å². The van der Waals surface area contributed by atoms with Gasteiger partial charge in [0.25, 0.3) is 10.0 Å². The Kier molecular flexibility index (Phi) is 6.04. The zero-order chi connectivity index (χ0) is 20.4. The number of thioether (sulfide) groups is 1. The topological polar surface area (TPSA) is 49.7 Å². The molecule has 2 aromatic carbocycles. The quantitative estimate of drug-likeness (QED) is 0.648. The smallest absolute Gasteiger partial charge is 0.319 e. The molecule has 0 unspecified atom stereocenters. The summed E-state index contributed by atoms with van der Waals surface area (Å²) in [5, 5.41) is 0.282. The van der Waals surface area contributed by atoms with Crippen molar-refractivity contribution in [1.82, 2.24) is 0 Å². The number of unbranched alkanes of at least 4 members (excludes halogenated alkanes) is 1. The number of hydrogen-bond donors (Lipinski definition) is 0. The van der Waals surface area contributed by atoms with E-state index in [0.29, 0.717) is 17.8 Å². The Balaban J connectivity index is 1.89. The van der Waals surface area contributed by atoms with Gasteiger partial charge in [0.1, 0.15) is 4.90 Å².